The highest BCUT2D eigenvalue weighted by Crippen LogP contribution is 2.48. The summed E-state index contributed by atoms with van der Waals surface area (Å²) in [5, 5.41) is 9.61. The van der Waals surface area contributed by atoms with Crippen LogP contribution in [0.1, 0.15) is 45.1 Å². The molecule has 1 aliphatic heterocycles. The minimum atomic E-state index is -3.52. The van der Waals surface area contributed by atoms with Gasteiger partial charge in [-0.15, -0.1) is 0 Å². The Morgan fingerprint density at radius 2 is 1.86 bits per heavy atom. The van der Waals surface area contributed by atoms with Crippen LogP contribution in [0, 0.1) is 6.92 Å². The van der Waals surface area contributed by atoms with Crippen LogP contribution in [0.25, 0.3) is 0 Å². The fourth-order valence-electron chi connectivity index (χ4n) is 2.93. The number of hydrogen-bond donors (Lipinski definition) is 1. The summed E-state index contributed by atoms with van der Waals surface area (Å²) in [4.78, 5) is 0.311. The second kappa shape index (κ2) is 6.07. The molecule has 1 N–H and O–H groups in total. The van der Waals surface area contributed by atoms with Crippen molar-refractivity contribution in [3.05, 3.63) is 29.8 Å². The molecule has 0 amide bonds. The first kappa shape index (κ1) is 16.5. The number of rotatable bonds is 7. The summed E-state index contributed by atoms with van der Waals surface area (Å²) < 4.78 is 27.0. The molecule has 0 saturated carbocycles. The fourth-order valence-corrected chi connectivity index (χ4v) is 4.98. The number of benzene rings is 1. The van der Waals surface area contributed by atoms with E-state index in [1.807, 2.05) is 13.8 Å². The lowest BCUT2D eigenvalue weighted by Gasteiger charge is -2.10. The molecule has 0 aromatic heterocycles. The third-order valence-corrected chi connectivity index (χ3v) is 6.47. The zero-order valence-corrected chi connectivity index (χ0v) is 13.9. The molecular formula is C16H25NO3S. The Labute approximate surface area is 127 Å². The maximum atomic E-state index is 12.7. The Kier molecular flexibility index (Phi) is 4.76. The molecule has 1 aliphatic rings. The van der Waals surface area contributed by atoms with Crippen LogP contribution >= 0.6 is 0 Å². The lowest BCUT2D eigenvalue weighted by molar-refractivity contribution is 0.242. The first-order valence-corrected chi connectivity index (χ1v) is 9.04. The van der Waals surface area contributed by atoms with E-state index in [-0.39, 0.29) is 12.6 Å². The van der Waals surface area contributed by atoms with Gasteiger partial charge in [-0.2, -0.15) is 4.31 Å². The highest BCUT2D eigenvalue weighted by Gasteiger charge is 2.64. The monoisotopic (exact) mass is 311 g/mol. The van der Waals surface area contributed by atoms with Crippen LogP contribution in [-0.2, 0) is 10.0 Å². The Bertz CT molecular complexity index is 582. The zero-order chi connectivity index (χ0) is 15.7. The largest absolute Gasteiger partial charge is 0.394 e. The standard InChI is InChI=1S/C16H25NO3S/c1-4-5-6-7-15-16(3,12-18)17(15)21(19,20)14-10-8-13(2)9-11-14/h8-11,15,18H,4-7,12H2,1-3H3. The minimum Gasteiger partial charge on any atom is -0.394 e. The van der Waals surface area contributed by atoms with E-state index in [1.165, 1.54) is 4.31 Å². The fraction of sp³-hybridized carbons (Fsp3) is 0.625. The summed E-state index contributed by atoms with van der Waals surface area (Å²) in [5.74, 6) is 0. The van der Waals surface area contributed by atoms with Crippen molar-refractivity contribution >= 4 is 10.0 Å². The number of nitrogens with zero attached hydrogens (tertiary/aromatic N) is 1. The van der Waals surface area contributed by atoms with E-state index in [1.54, 1.807) is 24.3 Å². The van der Waals surface area contributed by atoms with Crippen LogP contribution in [0.5, 0.6) is 0 Å². The topological polar surface area (TPSA) is 57.4 Å². The molecule has 3 atom stereocenters. The SMILES string of the molecule is CCCCCC1N(S(=O)(=O)c2ccc(C)cc2)C1(C)CO. The van der Waals surface area contributed by atoms with Crippen LogP contribution < -0.4 is 0 Å². The summed E-state index contributed by atoms with van der Waals surface area (Å²) in [7, 11) is -3.52. The smallest absolute Gasteiger partial charge is 0.244 e. The van der Waals surface area contributed by atoms with Gasteiger partial charge in [0.05, 0.1) is 17.0 Å². The molecule has 0 spiro atoms. The number of aliphatic hydroxyl groups excluding tert-OH is 1. The molecule has 1 aromatic rings. The first-order valence-electron chi connectivity index (χ1n) is 7.60. The van der Waals surface area contributed by atoms with Crippen molar-refractivity contribution < 1.29 is 13.5 Å². The molecule has 3 unspecified atom stereocenters. The Morgan fingerprint density at radius 3 is 2.38 bits per heavy atom. The van der Waals surface area contributed by atoms with E-state index in [0.29, 0.717) is 4.90 Å². The van der Waals surface area contributed by atoms with Gasteiger partial charge < -0.3 is 5.11 Å². The summed E-state index contributed by atoms with van der Waals surface area (Å²) in [5.41, 5.74) is 0.390. The van der Waals surface area contributed by atoms with Crippen LogP contribution in [0.2, 0.25) is 0 Å². The normalized spacial score (nSPS) is 28.6. The van der Waals surface area contributed by atoms with Crippen molar-refractivity contribution in [3.8, 4) is 0 Å². The Balaban J connectivity index is 2.21. The molecule has 1 saturated heterocycles. The van der Waals surface area contributed by atoms with Gasteiger partial charge in [0.25, 0.3) is 0 Å². The number of aliphatic hydroxyl groups is 1. The van der Waals surface area contributed by atoms with Gasteiger partial charge in [0.1, 0.15) is 0 Å². The zero-order valence-electron chi connectivity index (χ0n) is 13.0. The predicted molar refractivity (Wildman–Crippen MR) is 83.6 cm³/mol. The quantitative estimate of drug-likeness (QED) is 0.622. The molecule has 0 radical (unpaired) electrons. The van der Waals surface area contributed by atoms with Gasteiger partial charge in [-0.1, -0.05) is 43.9 Å². The third kappa shape index (κ3) is 3.00. The predicted octanol–water partition coefficient (Wildman–Crippen LogP) is 2.70. The maximum Gasteiger partial charge on any atom is 0.244 e. The molecular weight excluding hydrogens is 286 g/mol. The average molecular weight is 311 g/mol. The molecule has 5 heteroatoms. The average Bonchev–Trinajstić information content (AvgIpc) is 3.06. The van der Waals surface area contributed by atoms with Crippen LogP contribution in [0.3, 0.4) is 0 Å². The lowest BCUT2D eigenvalue weighted by atomic mass is 10.0. The molecule has 1 heterocycles. The Hall–Kier alpha value is -0.910. The third-order valence-electron chi connectivity index (χ3n) is 4.42. The number of aryl methyl sites for hydroxylation is 1. The second-order valence-electron chi connectivity index (χ2n) is 6.14. The van der Waals surface area contributed by atoms with Gasteiger partial charge in [-0.3, -0.25) is 0 Å². The summed E-state index contributed by atoms with van der Waals surface area (Å²) in [6.07, 6.45) is 4.01. The van der Waals surface area contributed by atoms with Gasteiger partial charge in [0.2, 0.25) is 10.0 Å². The van der Waals surface area contributed by atoms with Crippen molar-refractivity contribution in [2.24, 2.45) is 0 Å². The molecule has 0 bridgehead atoms. The van der Waals surface area contributed by atoms with E-state index in [0.717, 1.165) is 31.2 Å². The van der Waals surface area contributed by atoms with Crippen molar-refractivity contribution in [3.63, 3.8) is 0 Å². The van der Waals surface area contributed by atoms with Gasteiger partial charge in [0.15, 0.2) is 0 Å². The number of hydrogen-bond acceptors (Lipinski definition) is 3. The maximum absolute atomic E-state index is 12.7. The summed E-state index contributed by atoms with van der Waals surface area (Å²) in [6, 6.07) is 6.81. The van der Waals surface area contributed by atoms with Gasteiger partial charge in [0, 0.05) is 6.04 Å². The highest BCUT2D eigenvalue weighted by molar-refractivity contribution is 7.89. The minimum absolute atomic E-state index is 0.0830. The Morgan fingerprint density at radius 1 is 1.24 bits per heavy atom. The molecule has 1 aromatic carbocycles. The van der Waals surface area contributed by atoms with E-state index in [2.05, 4.69) is 6.92 Å². The first-order chi connectivity index (χ1) is 9.87. The summed E-state index contributed by atoms with van der Waals surface area (Å²) in [6.45, 7) is 5.75. The molecule has 4 nitrogen and oxygen atoms in total. The van der Waals surface area contributed by atoms with E-state index in [4.69, 9.17) is 0 Å². The lowest BCUT2D eigenvalue weighted by Crippen LogP contribution is -2.24. The van der Waals surface area contributed by atoms with Crippen molar-refractivity contribution in [1.82, 2.24) is 4.31 Å². The van der Waals surface area contributed by atoms with Crippen molar-refractivity contribution in [1.29, 1.82) is 0 Å². The molecule has 118 valence electrons. The van der Waals surface area contributed by atoms with Crippen molar-refractivity contribution in [2.75, 3.05) is 6.61 Å². The summed E-state index contributed by atoms with van der Waals surface area (Å²) >= 11 is 0. The number of sulfonamides is 1. The molecule has 21 heavy (non-hydrogen) atoms. The van der Waals surface area contributed by atoms with Gasteiger partial charge >= 0.3 is 0 Å². The second-order valence-corrected chi connectivity index (χ2v) is 7.96. The van der Waals surface area contributed by atoms with Crippen LogP contribution in [0.4, 0.5) is 0 Å². The highest BCUT2D eigenvalue weighted by atomic mass is 32.2. The molecule has 2 rings (SSSR count). The van der Waals surface area contributed by atoms with E-state index < -0.39 is 15.6 Å². The molecule has 0 aliphatic carbocycles. The van der Waals surface area contributed by atoms with Gasteiger partial charge in [-0.05, 0) is 32.4 Å². The molecule has 1 fully saturated rings. The van der Waals surface area contributed by atoms with E-state index in [9.17, 15) is 13.5 Å². The van der Waals surface area contributed by atoms with Crippen molar-refractivity contribution in [2.45, 2.75) is 62.9 Å². The van der Waals surface area contributed by atoms with E-state index >= 15 is 0 Å². The van der Waals surface area contributed by atoms with Gasteiger partial charge in [-0.25, -0.2) is 8.42 Å². The van der Waals surface area contributed by atoms with Crippen LogP contribution in [0.15, 0.2) is 29.2 Å². The van der Waals surface area contributed by atoms with Crippen LogP contribution in [-0.4, -0.2) is 36.0 Å². The number of unbranched alkanes of at least 4 members (excludes halogenated alkanes) is 2.